The number of carbonyl (C=O) groups excluding carboxylic acids is 1. The highest BCUT2D eigenvalue weighted by Crippen LogP contribution is 2.39. The average molecular weight is 336 g/mol. The summed E-state index contributed by atoms with van der Waals surface area (Å²) in [6.45, 7) is 0. The topological polar surface area (TPSA) is 78.7 Å². The van der Waals surface area contributed by atoms with Crippen molar-refractivity contribution < 1.29 is 23.1 Å². The summed E-state index contributed by atoms with van der Waals surface area (Å²) in [5.74, 6) is -0.895. The molecule has 6 nitrogen and oxygen atoms in total. The fourth-order valence-electron chi connectivity index (χ4n) is 2.35. The smallest absolute Gasteiger partial charge is 0.365 e. The van der Waals surface area contributed by atoms with E-state index in [1.165, 1.54) is 49.1 Å². The SMILES string of the molecule is O=C(c1cccnc1)N1N=C(C(F)(F)F)CC1(O)c1cccnc1. The first-order valence-electron chi connectivity index (χ1n) is 6.84. The van der Waals surface area contributed by atoms with E-state index in [9.17, 15) is 23.1 Å². The molecular formula is C15H11F3N4O2. The Morgan fingerprint density at radius 2 is 1.83 bits per heavy atom. The lowest BCUT2D eigenvalue weighted by Gasteiger charge is -2.31. The van der Waals surface area contributed by atoms with E-state index in [1.54, 1.807) is 0 Å². The van der Waals surface area contributed by atoms with Crippen molar-refractivity contribution in [2.45, 2.75) is 18.3 Å². The predicted molar refractivity (Wildman–Crippen MR) is 76.6 cm³/mol. The highest BCUT2D eigenvalue weighted by Gasteiger charge is 2.53. The van der Waals surface area contributed by atoms with Crippen molar-refractivity contribution in [2.24, 2.45) is 5.10 Å². The molecule has 0 fully saturated rings. The molecule has 3 rings (SSSR count). The van der Waals surface area contributed by atoms with Crippen LogP contribution in [-0.4, -0.2) is 37.9 Å². The van der Waals surface area contributed by atoms with Crippen LogP contribution in [0.5, 0.6) is 0 Å². The van der Waals surface area contributed by atoms with Crippen LogP contribution in [0.25, 0.3) is 0 Å². The molecular weight excluding hydrogens is 325 g/mol. The molecule has 0 spiro atoms. The van der Waals surface area contributed by atoms with Gasteiger partial charge in [-0.3, -0.25) is 14.8 Å². The fraction of sp³-hybridized carbons (Fsp3) is 0.200. The molecule has 9 heteroatoms. The van der Waals surface area contributed by atoms with Crippen LogP contribution in [0.3, 0.4) is 0 Å². The quantitative estimate of drug-likeness (QED) is 0.911. The van der Waals surface area contributed by atoms with Crippen LogP contribution in [0.15, 0.2) is 54.2 Å². The first-order valence-corrected chi connectivity index (χ1v) is 6.84. The summed E-state index contributed by atoms with van der Waals surface area (Å²) < 4.78 is 39.2. The van der Waals surface area contributed by atoms with Gasteiger partial charge in [-0.2, -0.15) is 23.3 Å². The van der Waals surface area contributed by atoms with Gasteiger partial charge in [0.05, 0.1) is 12.0 Å². The highest BCUT2D eigenvalue weighted by atomic mass is 19.4. The molecule has 1 aliphatic heterocycles. The van der Waals surface area contributed by atoms with E-state index in [4.69, 9.17) is 0 Å². The Bertz CT molecular complexity index is 780. The summed E-state index contributed by atoms with van der Waals surface area (Å²) in [7, 11) is 0. The van der Waals surface area contributed by atoms with Gasteiger partial charge in [-0.25, -0.2) is 0 Å². The first-order chi connectivity index (χ1) is 11.3. The number of nitrogens with zero attached hydrogens (tertiary/aromatic N) is 4. The third kappa shape index (κ3) is 2.73. The van der Waals surface area contributed by atoms with Crippen LogP contribution < -0.4 is 0 Å². The number of pyridine rings is 2. The van der Waals surface area contributed by atoms with Crippen LogP contribution in [0.4, 0.5) is 13.2 Å². The molecule has 2 aromatic rings. The number of hydrogen-bond acceptors (Lipinski definition) is 5. The van der Waals surface area contributed by atoms with E-state index in [0.717, 1.165) is 0 Å². The van der Waals surface area contributed by atoms with E-state index in [2.05, 4.69) is 15.1 Å². The van der Waals surface area contributed by atoms with Gasteiger partial charge in [0.15, 0.2) is 5.72 Å². The van der Waals surface area contributed by atoms with Crippen molar-refractivity contribution in [3.8, 4) is 0 Å². The number of amides is 1. The third-order valence-electron chi connectivity index (χ3n) is 3.54. The summed E-state index contributed by atoms with van der Waals surface area (Å²) in [6, 6.07) is 5.66. The number of halogens is 3. The van der Waals surface area contributed by atoms with Crippen molar-refractivity contribution in [2.75, 3.05) is 0 Å². The van der Waals surface area contributed by atoms with Gasteiger partial charge in [0, 0.05) is 30.4 Å². The average Bonchev–Trinajstić information content (AvgIpc) is 2.95. The second kappa shape index (κ2) is 5.68. The van der Waals surface area contributed by atoms with Gasteiger partial charge in [-0.15, -0.1) is 0 Å². The van der Waals surface area contributed by atoms with Gasteiger partial charge in [0.2, 0.25) is 0 Å². The zero-order valence-corrected chi connectivity index (χ0v) is 12.1. The second-order valence-corrected chi connectivity index (χ2v) is 5.14. The van der Waals surface area contributed by atoms with Gasteiger partial charge in [0.25, 0.3) is 5.91 Å². The number of rotatable bonds is 2. The molecule has 1 unspecified atom stereocenters. The lowest BCUT2D eigenvalue weighted by molar-refractivity contribution is -0.0818. The van der Waals surface area contributed by atoms with Crippen LogP contribution in [0.1, 0.15) is 22.3 Å². The van der Waals surface area contributed by atoms with Crippen molar-refractivity contribution >= 4 is 11.6 Å². The molecule has 1 aliphatic rings. The molecule has 1 amide bonds. The maximum absolute atomic E-state index is 13.1. The lowest BCUT2D eigenvalue weighted by atomic mass is 9.98. The number of hydrogen-bond donors (Lipinski definition) is 1. The second-order valence-electron chi connectivity index (χ2n) is 5.14. The molecule has 0 saturated carbocycles. The summed E-state index contributed by atoms with van der Waals surface area (Å²) in [6.07, 6.45) is -0.446. The van der Waals surface area contributed by atoms with Crippen molar-refractivity contribution in [1.82, 2.24) is 15.0 Å². The van der Waals surface area contributed by atoms with Crippen molar-refractivity contribution in [3.63, 3.8) is 0 Å². The molecule has 2 aromatic heterocycles. The molecule has 0 aromatic carbocycles. The standard InChI is InChI=1S/C15H11F3N4O2/c16-15(17,18)12-7-14(24,11-4-2-6-20-9-11)22(21-12)13(23)10-3-1-5-19-8-10/h1-6,8-9,24H,7H2. The van der Waals surface area contributed by atoms with Gasteiger partial charge >= 0.3 is 6.18 Å². The predicted octanol–water partition coefficient (Wildman–Crippen LogP) is 2.09. The van der Waals surface area contributed by atoms with E-state index >= 15 is 0 Å². The largest absolute Gasteiger partial charge is 0.431 e. The van der Waals surface area contributed by atoms with Crippen molar-refractivity contribution in [3.05, 3.63) is 60.2 Å². The summed E-state index contributed by atoms with van der Waals surface area (Å²) >= 11 is 0. The highest BCUT2D eigenvalue weighted by molar-refractivity contribution is 5.99. The van der Waals surface area contributed by atoms with Crippen molar-refractivity contribution in [1.29, 1.82) is 0 Å². The van der Waals surface area contributed by atoms with E-state index in [-0.39, 0.29) is 11.1 Å². The molecule has 0 saturated heterocycles. The molecule has 124 valence electrons. The molecule has 1 N–H and O–H groups in total. The Hall–Kier alpha value is -2.81. The maximum atomic E-state index is 13.1. The molecule has 0 radical (unpaired) electrons. The molecule has 24 heavy (non-hydrogen) atoms. The fourth-order valence-corrected chi connectivity index (χ4v) is 2.35. The Labute approximate surface area is 134 Å². The lowest BCUT2D eigenvalue weighted by Crippen LogP contribution is -2.43. The monoisotopic (exact) mass is 336 g/mol. The minimum atomic E-state index is -4.76. The van der Waals surface area contributed by atoms with Gasteiger partial charge in [-0.05, 0) is 18.2 Å². The Morgan fingerprint density at radius 1 is 1.17 bits per heavy atom. The van der Waals surface area contributed by atoms with E-state index in [0.29, 0.717) is 5.01 Å². The zero-order chi connectivity index (χ0) is 17.4. The normalized spacial score (nSPS) is 20.8. The first kappa shape index (κ1) is 16.1. The maximum Gasteiger partial charge on any atom is 0.431 e. The summed E-state index contributed by atoms with van der Waals surface area (Å²) in [5.41, 5.74) is -3.48. The molecule has 3 heterocycles. The summed E-state index contributed by atoms with van der Waals surface area (Å²) in [5, 5.41) is 14.6. The van der Waals surface area contributed by atoms with Crippen LogP contribution in [-0.2, 0) is 5.72 Å². The molecule has 0 aliphatic carbocycles. The number of alkyl halides is 3. The Balaban J connectivity index is 2.07. The number of aliphatic hydroxyl groups is 1. The third-order valence-corrected chi connectivity index (χ3v) is 3.54. The van der Waals surface area contributed by atoms with Crippen LogP contribution >= 0.6 is 0 Å². The summed E-state index contributed by atoms with van der Waals surface area (Å²) in [4.78, 5) is 20.1. The van der Waals surface area contributed by atoms with Gasteiger partial charge in [0.1, 0.15) is 5.71 Å². The Morgan fingerprint density at radius 3 is 2.38 bits per heavy atom. The Kier molecular flexibility index (Phi) is 3.80. The minimum Gasteiger partial charge on any atom is -0.365 e. The minimum absolute atomic E-state index is 0.00647. The number of carbonyl (C=O) groups is 1. The molecule has 1 atom stereocenters. The van der Waals surface area contributed by atoms with E-state index in [1.807, 2.05) is 0 Å². The van der Waals surface area contributed by atoms with Gasteiger partial charge < -0.3 is 5.11 Å². The van der Waals surface area contributed by atoms with Crippen LogP contribution in [0.2, 0.25) is 0 Å². The van der Waals surface area contributed by atoms with Gasteiger partial charge in [-0.1, -0.05) is 6.07 Å². The zero-order valence-electron chi connectivity index (χ0n) is 12.1. The molecule has 0 bridgehead atoms. The van der Waals surface area contributed by atoms with Crippen LogP contribution in [0, 0.1) is 0 Å². The number of aromatic nitrogens is 2. The number of hydrazone groups is 1. The van der Waals surface area contributed by atoms with E-state index < -0.39 is 29.9 Å².